The number of hydrogen-bond acceptors (Lipinski definition) is 2. The topological polar surface area (TPSA) is 32.3 Å². The highest BCUT2D eigenvalue weighted by Gasteiger charge is 1.98. The van der Waals surface area contributed by atoms with Crippen molar-refractivity contribution in [2.24, 2.45) is 0 Å². The maximum atomic E-state index is 9.03. The van der Waals surface area contributed by atoms with Crippen LogP contribution in [0.1, 0.15) is 6.92 Å². The van der Waals surface area contributed by atoms with Gasteiger partial charge in [-0.1, -0.05) is 12.1 Å². The van der Waals surface area contributed by atoms with Crippen LogP contribution in [-0.2, 0) is 0 Å². The van der Waals surface area contributed by atoms with Crippen molar-refractivity contribution in [1.29, 1.82) is 0 Å². The molecule has 0 saturated heterocycles. The summed E-state index contributed by atoms with van der Waals surface area (Å²) in [5, 5.41) is 12.1. The van der Waals surface area contributed by atoms with Crippen LogP contribution in [-0.4, -0.2) is 17.8 Å². The van der Waals surface area contributed by atoms with Gasteiger partial charge in [0.25, 0.3) is 0 Å². The first-order valence-corrected chi connectivity index (χ1v) is 4.66. The van der Waals surface area contributed by atoms with Crippen molar-refractivity contribution in [2.75, 3.05) is 11.9 Å². The van der Waals surface area contributed by atoms with E-state index >= 15 is 0 Å². The molecule has 0 bridgehead atoms. The first-order valence-electron chi connectivity index (χ1n) is 3.86. The average Bonchev–Trinajstić information content (AvgIpc) is 2.03. The van der Waals surface area contributed by atoms with Crippen molar-refractivity contribution in [1.82, 2.24) is 0 Å². The molecule has 0 aliphatic carbocycles. The molecule has 0 aromatic heterocycles. The van der Waals surface area contributed by atoms with Gasteiger partial charge in [-0.3, -0.25) is 0 Å². The number of para-hydroxylation sites is 1. The maximum absolute atomic E-state index is 9.03. The second kappa shape index (κ2) is 4.48. The van der Waals surface area contributed by atoms with Crippen molar-refractivity contribution >= 4 is 21.6 Å². The minimum Gasteiger partial charge on any atom is -0.392 e. The van der Waals surface area contributed by atoms with Gasteiger partial charge in [-0.25, -0.2) is 0 Å². The Bertz CT molecular complexity index is 250. The van der Waals surface area contributed by atoms with Crippen molar-refractivity contribution in [3.63, 3.8) is 0 Å². The number of aliphatic hydroxyl groups is 1. The lowest BCUT2D eigenvalue weighted by Gasteiger charge is -2.09. The molecule has 2 nitrogen and oxygen atoms in total. The lowest BCUT2D eigenvalue weighted by molar-refractivity contribution is 0.208. The molecular weight excluding hydrogens is 218 g/mol. The molecule has 1 atom stereocenters. The van der Waals surface area contributed by atoms with E-state index in [0.29, 0.717) is 6.54 Å². The number of hydrogen-bond donors (Lipinski definition) is 2. The fourth-order valence-electron chi connectivity index (χ4n) is 0.862. The third-order valence-electron chi connectivity index (χ3n) is 1.46. The Morgan fingerprint density at radius 1 is 1.50 bits per heavy atom. The number of aliphatic hydroxyl groups excluding tert-OH is 1. The quantitative estimate of drug-likeness (QED) is 0.834. The molecular formula is C9H12BrNO. The highest BCUT2D eigenvalue weighted by atomic mass is 79.9. The number of anilines is 1. The van der Waals surface area contributed by atoms with Gasteiger partial charge in [-0.05, 0) is 35.0 Å². The van der Waals surface area contributed by atoms with E-state index in [0.717, 1.165) is 10.2 Å². The molecule has 0 aliphatic rings. The molecule has 0 amide bonds. The zero-order valence-electron chi connectivity index (χ0n) is 6.92. The summed E-state index contributed by atoms with van der Waals surface area (Å²) in [7, 11) is 0. The van der Waals surface area contributed by atoms with Crippen LogP contribution in [0.4, 0.5) is 5.69 Å². The van der Waals surface area contributed by atoms with Crippen LogP contribution in [0.3, 0.4) is 0 Å². The molecule has 0 fully saturated rings. The first kappa shape index (κ1) is 9.55. The van der Waals surface area contributed by atoms with E-state index in [1.54, 1.807) is 6.92 Å². The van der Waals surface area contributed by atoms with Crippen LogP contribution in [0.2, 0.25) is 0 Å². The lowest BCUT2D eigenvalue weighted by Crippen LogP contribution is -2.15. The van der Waals surface area contributed by atoms with Gasteiger partial charge in [0.2, 0.25) is 0 Å². The second-order valence-corrected chi connectivity index (χ2v) is 3.56. The first-order chi connectivity index (χ1) is 5.70. The third-order valence-corrected chi connectivity index (χ3v) is 2.15. The summed E-state index contributed by atoms with van der Waals surface area (Å²) < 4.78 is 1.02. The Labute approximate surface area is 80.7 Å². The maximum Gasteiger partial charge on any atom is 0.0684 e. The van der Waals surface area contributed by atoms with E-state index in [4.69, 9.17) is 5.11 Å². The highest BCUT2D eigenvalue weighted by molar-refractivity contribution is 9.10. The minimum atomic E-state index is -0.322. The molecule has 0 unspecified atom stereocenters. The Morgan fingerprint density at radius 2 is 2.17 bits per heavy atom. The summed E-state index contributed by atoms with van der Waals surface area (Å²) in [6.45, 7) is 2.33. The van der Waals surface area contributed by atoms with E-state index in [-0.39, 0.29) is 6.10 Å². The molecule has 0 saturated carbocycles. The summed E-state index contributed by atoms with van der Waals surface area (Å²) >= 11 is 3.40. The largest absolute Gasteiger partial charge is 0.392 e. The molecule has 12 heavy (non-hydrogen) atoms. The van der Waals surface area contributed by atoms with Crippen LogP contribution in [0.5, 0.6) is 0 Å². The summed E-state index contributed by atoms with van der Waals surface area (Å²) in [6.07, 6.45) is -0.322. The fourth-order valence-corrected chi connectivity index (χ4v) is 1.29. The van der Waals surface area contributed by atoms with Crippen molar-refractivity contribution in [3.8, 4) is 0 Å². The highest BCUT2D eigenvalue weighted by Crippen LogP contribution is 2.20. The third kappa shape index (κ3) is 2.83. The minimum absolute atomic E-state index is 0.322. The van der Waals surface area contributed by atoms with Gasteiger partial charge in [0.1, 0.15) is 0 Å². The van der Waals surface area contributed by atoms with Gasteiger partial charge < -0.3 is 10.4 Å². The fraction of sp³-hybridized carbons (Fsp3) is 0.333. The van der Waals surface area contributed by atoms with Gasteiger partial charge in [0, 0.05) is 16.7 Å². The predicted octanol–water partition coefficient (Wildman–Crippen LogP) is 2.24. The molecule has 0 spiro atoms. The molecule has 3 heteroatoms. The number of nitrogens with one attached hydrogen (secondary N) is 1. The van der Waals surface area contributed by atoms with E-state index < -0.39 is 0 Å². The molecule has 1 aromatic rings. The predicted molar refractivity (Wildman–Crippen MR) is 54.3 cm³/mol. The van der Waals surface area contributed by atoms with E-state index in [9.17, 15) is 0 Å². The zero-order chi connectivity index (χ0) is 8.97. The van der Waals surface area contributed by atoms with E-state index in [1.807, 2.05) is 24.3 Å². The van der Waals surface area contributed by atoms with Gasteiger partial charge in [0.15, 0.2) is 0 Å². The van der Waals surface area contributed by atoms with Crippen LogP contribution < -0.4 is 5.32 Å². The molecule has 1 rings (SSSR count). The number of benzene rings is 1. The van der Waals surface area contributed by atoms with Crippen LogP contribution in [0.25, 0.3) is 0 Å². The van der Waals surface area contributed by atoms with Gasteiger partial charge in [0.05, 0.1) is 6.10 Å². The molecule has 0 heterocycles. The Hall–Kier alpha value is -0.540. The Morgan fingerprint density at radius 3 is 2.75 bits per heavy atom. The van der Waals surface area contributed by atoms with E-state index in [1.165, 1.54) is 0 Å². The average molecular weight is 230 g/mol. The lowest BCUT2D eigenvalue weighted by atomic mass is 10.3. The number of rotatable bonds is 3. The SMILES string of the molecule is C[C@@H](O)CNc1ccccc1Br. The van der Waals surface area contributed by atoms with Gasteiger partial charge >= 0.3 is 0 Å². The summed E-state index contributed by atoms with van der Waals surface area (Å²) in [5.74, 6) is 0. The Kier molecular flexibility index (Phi) is 3.56. The van der Waals surface area contributed by atoms with Gasteiger partial charge in [-0.2, -0.15) is 0 Å². The Balaban J connectivity index is 2.57. The molecule has 66 valence electrons. The van der Waals surface area contributed by atoms with Crippen LogP contribution in [0.15, 0.2) is 28.7 Å². The normalized spacial score (nSPS) is 12.6. The summed E-state index contributed by atoms with van der Waals surface area (Å²) in [5.41, 5.74) is 1.01. The van der Waals surface area contributed by atoms with Crippen LogP contribution >= 0.6 is 15.9 Å². The second-order valence-electron chi connectivity index (χ2n) is 2.71. The van der Waals surface area contributed by atoms with Crippen molar-refractivity contribution in [2.45, 2.75) is 13.0 Å². The summed E-state index contributed by atoms with van der Waals surface area (Å²) in [6, 6.07) is 7.84. The monoisotopic (exact) mass is 229 g/mol. The molecule has 1 aromatic carbocycles. The number of halogens is 1. The molecule has 0 radical (unpaired) electrons. The van der Waals surface area contributed by atoms with Crippen molar-refractivity contribution < 1.29 is 5.11 Å². The van der Waals surface area contributed by atoms with Crippen LogP contribution in [0, 0.1) is 0 Å². The van der Waals surface area contributed by atoms with Crippen molar-refractivity contribution in [3.05, 3.63) is 28.7 Å². The zero-order valence-corrected chi connectivity index (χ0v) is 8.51. The van der Waals surface area contributed by atoms with Gasteiger partial charge in [-0.15, -0.1) is 0 Å². The smallest absolute Gasteiger partial charge is 0.0684 e. The molecule has 2 N–H and O–H groups in total. The summed E-state index contributed by atoms with van der Waals surface area (Å²) in [4.78, 5) is 0. The molecule has 0 aliphatic heterocycles. The standard InChI is InChI=1S/C9H12BrNO/c1-7(12)6-11-9-5-3-2-4-8(9)10/h2-5,7,11-12H,6H2,1H3/t7-/m1/s1. The van der Waals surface area contributed by atoms with E-state index in [2.05, 4.69) is 21.2 Å².